The molecular formula is C28H29NO6. The topological polar surface area (TPSA) is 85.3 Å². The van der Waals surface area contributed by atoms with Crippen LogP contribution in [-0.4, -0.2) is 47.4 Å². The average Bonchev–Trinajstić information content (AvgIpc) is 2.91. The van der Waals surface area contributed by atoms with Gasteiger partial charge in [-0.1, -0.05) is 91.0 Å². The van der Waals surface area contributed by atoms with Crippen LogP contribution in [0.3, 0.4) is 0 Å². The van der Waals surface area contributed by atoms with E-state index in [9.17, 15) is 14.7 Å². The van der Waals surface area contributed by atoms with Gasteiger partial charge in [-0.15, -0.1) is 0 Å². The number of aliphatic hydroxyl groups excluding tert-OH is 1. The molecule has 3 aromatic carbocycles. The lowest BCUT2D eigenvalue weighted by Crippen LogP contribution is -2.57. The predicted octanol–water partition coefficient (Wildman–Crippen LogP) is 3.94. The number of amides is 1. The largest absolute Gasteiger partial charge is 0.460 e. The molecule has 0 spiro atoms. The van der Waals surface area contributed by atoms with Crippen molar-refractivity contribution in [2.45, 2.75) is 32.0 Å². The highest BCUT2D eigenvalue weighted by Gasteiger charge is 2.43. The summed E-state index contributed by atoms with van der Waals surface area (Å²) in [4.78, 5) is 27.2. The molecule has 0 radical (unpaired) electrons. The summed E-state index contributed by atoms with van der Waals surface area (Å²) in [6, 6.07) is 28.2. The number of esters is 1. The third-order valence-electron chi connectivity index (χ3n) is 5.91. The fraction of sp³-hybridized carbons (Fsp3) is 0.286. The molecule has 1 fully saturated rings. The molecule has 7 heteroatoms. The van der Waals surface area contributed by atoms with E-state index in [1.165, 1.54) is 4.90 Å². The number of likely N-dealkylation sites (tertiary alicyclic amines) is 1. The number of benzene rings is 3. The van der Waals surface area contributed by atoms with Crippen molar-refractivity contribution < 1.29 is 28.9 Å². The molecule has 1 aliphatic rings. The number of nitrogens with zero attached hydrogens (tertiary/aromatic N) is 1. The van der Waals surface area contributed by atoms with Crippen molar-refractivity contribution in [1.29, 1.82) is 0 Å². The molecule has 4 rings (SSSR count). The Morgan fingerprint density at radius 3 is 1.74 bits per heavy atom. The third-order valence-corrected chi connectivity index (χ3v) is 5.91. The smallest absolute Gasteiger partial charge is 0.410 e. The Morgan fingerprint density at radius 2 is 1.20 bits per heavy atom. The molecule has 35 heavy (non-hydrogen) atoms. The number of hydrogen-bond acceptors (Lipinski definition) is 6. The summed E-state index contributed by atoms with van der Waals surface area (Å²) in [7, 11) is 0. The van der Waals surface area contributed by atoms with Gasteiger partial charge >= 0.3 is 12.1 Å². The average molecular weight is 476 g/mol. The Hall–Kier alpha value is -3.68. The maximum atomic E-state index is 12.9. The van der Waals surface area contributed by atoms with Crippen LogP contribution in [0.1, 0.15) is 16.7 Å². The molecule has 0 aromatic heterocycles. The first-order chi connectivity index (χ1) is 17.1. The van der Waals surface area contributed by atoms with Crippen LogP contribution in [0.5, 0.6) is 0 Å². The summed E-state index contributed by atoms with van der Waals surface area (Å²) in [5.74, 6) is -1.55. The summed E-state index contributed by atoms with van der Waals surface area (Å²) in [6.07, 6.45) is -2.47. The van der Waals surface area contributed by atoms with E-state index in [0.29, 0.717) is 0 Å². The Balaban J connectivity index is 1.43. The van der Waals surface area contributed by atoms with Crippen molar-refractivity contribution in [3.05, 3.63) is 108 Å². The van der Waals surface area contributed by atoms with Gasteiger partial charge in [0.1, 0.15) is 25.2 Å². The van der Waals surface area contributed by atoms with Crippen LogP contribution in [-0.2, 0) is 38.8 Å². The maximum Gasteiger partial charge on any atom is 0.410 e. The molecule has 1 aliphatic heterocycles. The van der Waals surface area contributed by atoms with Crippen LogP contribution < -0.4 is 0 Å². The number of piperidine rings is 1. The van der Waals surface area contributed by atoms with Crippen LogP contribution >= 0.6 is 0 Å². The van der Waals surface area contributed by atoms with Gasteiger partial charge in [0.25, 0.3) is 0 Å². The van der Waals surface area contributed by atoms with Gasteiger partial charge in [0.15, 0.2) is 0 Å². The Labute approximate surface area is 204 Å². The first-order valence-electron chi connectivity index (χ1n) is 11.6. The Morgan fingerprint density at radius 1 is 0.714 bits per heavy atom. The minimum Gasteiger partial charge on any atom is -0.460 e. The first-order valence-corrected chi connectivity index (χ1v) is 11.6. The van der Waals surface area contributed by atoms with Crippen molar-refractivity contribution in [3.8, 4) is 0 Å². The van der Waals surface area contributed by atoms with E-state index in [2.05, 4.69) is 0 Å². The summed E-state index contributed by atoms with van der Waals surface area (Å²) < 4.78 is 16.9. The second-order valence-electron chi connectivity index (χ2n) is 8.47. The SMILES string of the molecule is O=C(OCc1ccccc1)C1CN(C(=O)OCc2ccccc2)CC(OCc2ccccc2)C1O. The minimum absolute atomic E-state index is 0.0202. The quantitative estimate of drug-likeness (QED) is 0.497. The molecule has 3 atom stereocenters. The Bertz CT molecular complexity index is 1080. The highest BCUT2D eigenvalue weighted by Crippen LogP contribution is 2.24. The molecule has 3 aromatic rings. The van der Waals surface area contributed by atoms with Gasteiger partial charge in [0, 0.05) is 6.54 Å². The molecule has 1 saturated heterocycles. The summed E-state index contributed by atoms with van der Waals surface area (Å²) in [6.45, 7) is 0.507. The van der Waals surface area contributed by atoms with E-state index in [1.54, 1.807) is 0 Å². The van der Waals surface area contributed by atoms with Gasteiger partial charge in [-0.05, 0) is 16.7 Å². The molecule has 0 aliphatic carbocycles. The van der Waals surface area contributed by atoms with E-state index >= 15 is 0 Å². The van der Waals surface area contributed by atoms with Gasteiger partial charge in [-0.25, -0.2) is 4.79 Å². The first kappa shape index (κ1) is 24.4. The lowest BCUT2D eigenvalue weighted by molar-refractivity contribution is -0.167. The number of rotatable bonds is 8. The van der Waals surface area contributed by atoms with Gasteiger partial charge in [-0.3, -0.25) is 4.79 Å². The van der Waals surface area contributed by atoms with Gasteiger partial charge in [-0.2, -0.15) is 0 Å². The number of carbonyl (C=O) groups excluding carboxylic acids is 2. The van der Waals surface area contributed by atoms with E-state index < -0.39 is 30.2 Å². The summed E-state index contributed by atoms with van der Waals surface area (Å²) in [5.41, 5.74) is 2.61. The summed E-state index contributed by atoms with van der Waals surface area (Å²) in [5, 5.41) is 11.0. The molecule has 0 saturated carbocycles. The van der Waals surface area contributed by atoms with Gasteiger partial charge in [0.2, 0.25) is 0 Å². The van der Waals surface area contributed by atoms with Gasteiger partial charge in [0.05, 0.1) is 19.3 Å². The van der Waals surface area contributed by atoms with Crippen molar-refractivity contribution in [2.75, 3.05) is 13.1 Å². The molecule has 1 N–H and O–H groups in total. The molecule has 1 heterocycles. The molecular weight excluding hydrogens is 446 g/mol. The number of carbonyl (C=O) groups is 2. The van der Waals surface area contributed by atoms with Crippen molar-refractivity contribution in [2.24, 2.45) is 5.92 Å². The third kappa shape index (κ3) is 6.91. The number of aliphatic hydroxyl groups is 1. The van der Waals surface area contributed by atoms with E-state index in [1.807, 2.05) is 91.0 Å². The molecule has 1 amide bonds. The number of ether oxygens (including phenoxy) is 3. The van der Waals surface area contributed by atoms with Crippen molar-refractivity contribution in [1.82, 2.24) is 4.90 Å². The lowest BCUT2D eigenvalue weighted by Gasteiger charge is -2.39. The minimum atomic E-state index is -1.12. The maximum absolute atomic E-state index is 12.9. The number of hydrogen-bond donors (Lipinski definition) is 1. The Kier molecular flexibility index (Phi) is 8.48. The van der Waals surface area contributed by atoms with Gasteiger partial charge < -0.3 is 24.2 Å². The van der Waals surface area contributed by atoms with E-state index in [4.69, 9.17) is 14.2 Å². The van der Waals surface area contributed by atoms with E-state index in [-0.39, 0.29) is 32.9 Å². The second-order valence-corrected chi connectivity index (χ2v) is 8.47. The second kappa shape index (κ2) is 12.1. The van der Waals surface area contributed by atoms with Crippen molar-refractivity contribution >= 4 is 12.1 Å². The normalized spacial score (nSPS) is 19.7. The van der Waals surface area contributed by atoms with E-state index in [0.717, 1.165) is 16.7 Å². The molecule has 182 valence electrons. The van der Waals surface area contributed by atoms with Crippen LogP contribution in [0.2, 0.25) is 0 Å². The monoisotopic (exact) mass is 475 g/mol. The fourth-order valence-corrected chi connectivity index (χ4v) is 3.94. The highest BCUT2D eigenvalue weighted by molar-refractivity contribution is 5.75. The zero-order chi connectivity index (χ0) is 24.5. The predicted molar refractivity (Wildman–Crippen MR) is 129 cm³/mol. The van der Waals surface area contributed by atoms with Crippen LogP contribution in [0, 0.1) is 5.92 Å². The van der Waals surface area contributed by atoms with Crippen LogP contribution in [0.15, 0.2) is 91.0 Å². The summed E-state index contributed by atoms with van der Waals surface area (Å²) >= 11 is 0. The zero-order valence-electron chi connectivity index (χ0n) is 19.4. The van der Waals surface area contributed by atoms with Crippen LogP contribution in [0.25, 0.3) is 0 Å². The highest BCUT2D eigenvalue weighted by atomic mass is 16.6. The zero-order valence-corrected chi connectivity index (χ0v) is 19.4. The molecule has 7 nitrogen and oxygen atoms in total. The van der Waals surface area contributed by atoms with Crippen LogP contribution in [0.4, 0.5) is 4.79 Å². The lowest BCUT2D eigenvalue weighted by atomic mass is 9.92. The fourth-order valence-electron chi connectivity index (χ4n) is 3.94. The molecule has 3 unspecified atom stereocenters. The van der Waals surface area contributed by atoms with Crippen molar-refractivity contribution in [3.63, 3.8) is 0 Å². The molecule has 0 bridgehead atoms. The standard InChI is InChI=1S/C28H29NO6/c30-26-24(27(31)34-19-22-12-6-2-7-13-22)16-29(28(32)35-20-23-14-8-3-9-15-23)17-25(26)33-18-21-10-4-1-5-11-21/h1-15,24-26,30H,16-20H2.